The largest absolute Gasteiger partial charge is 0.496 e. The quantitative estimate of drug-likeness (QED) is 0.782. The average molecular weight is 399 g/mol. The fraction of sp³-hybridized carbons (Fsp3) is 0.522. The van der Waals surface area contributed by atoms with Gasteiger partial charge in [-0.25, -0.2) is 0 Å². The highest BCUT2D eigenvalue weighted by Crippen LogP contribution is 2.33. The molecule has 0 radical (unpaired) electrons. The molecule has 2 aromatic rings. The Balaban J connectivity index is 1.49. The van der Waals surface area contributed by atoms with Gasteiger partial charge in [-0.15, -0.1) is 11.3 Å². The van der Waals surface area contributed by atoms with Gasteiger partial charge in [-0.05, 0) is 68.8 Å². The van der Waals surface area contributed by atoms with Gasteiger partial charge in [0.25, 0.3) is 5.91 Å². The zero-order valence-electron chi connectivity index (χ0n) is 16.9. The third kappa shape index (κ3) is 4.11. The summed E-state index contributed by atoms with van der Waals surface area (Å²) < 4.78 is 5.61. The number of aryl methyl sites for hydroxylation is 1. The lowest BCUT2D eigenvalue weighted by Gasteiger charge is -2.29. The highest BCUT2D eigenvalue weighted by atomic mass is 32.1. The standard InChI is InChI=1S/C23H30N2O2S/c1-16-9-10-21-17(13-16)14-22(28-21)23(26)24-15-19(25-11-5-6-12-25)18-7-3-4-8-20(18)27-2/h3-4,7-8,14,16,19H,5-6,9-13,15H2,1-2H3,(H,24,26)/t16-,19-/m0/s1. The molecule has 4 nitrogen and oxygen atoms in total. The second-order valence-corrected chi connectivity index (χ2v) is 9.25. The number of ether oxygens (including phenoxy) is 1. The zero-order chi connectivity index (χ0) is 19.5. The molecule has 1 aromatic carbocycles. The Labute approximate surface area is 171 Å². The van der Waals surface area contributed by atoms with E-state index in [2.05, 4.69) is 35.3 Å². The molecule has 2 heterocycles. The summed E-state index contributed by atoms with van der Waals surface area (Å²) in [4.78, 5) is 17.6. The van der Waals surface area contributed by atoms with Crippen LogP contribution in [0.1, 0.15) is 57.9 Å². The predicted octanol–water partition coefficient (Wildman–Crippen LogP) is 4.45. The van der Waals surface area contributed by atoms with E-state index in [1.807, 2.05) is 12.1 Å². The summed E-state index contributed by atoms with van der Waals surface area (Å²) >= 11 is 1.68. The van der Waals surface area contributed by atoms with Gasteiger partial charge in [0.15, 0.2) is 0 Å². The molecule has 150 valence electrons. The van der Waals surface area contributed by atoms with Crippen molar-refractivity contribution in [1.82, 2.24) is 10.2 Å². The Morgan fingerprint density at radius 2 is 2.11 bits per heavy atom. The first-order chi connectivity index (χ1) is 13.7. The lowest BCUT2D eigenvalue weighted by Crippen LogP contribution is -2.36. The number of nitrogens with one attached hydrogen (secondary N) is 1. The Morgan fingerprint density at radius 3 is 2.89 bits per heavy atom. The number of likely N-dealkylation sites (tertiary alicyclic amines) is 1. The Kier molecular flexibility index (Phi) is 6.02. The second kappa shape index (κ2) is 8.66. The van der Waals surface area contributed by atoms with Crippen LogP contribution in [0.3, 0.4) is 0 Å². The maximum atomic E-state index is 12.9. The van der Waals surface area contributed by atoms with Gasteiger partial charge in [0.05, 0.1) is 18.0 Å². The van der Waals surface area contributed by atoms with Crippen LogP contribution in [-0.4, -0.2) is 37.6 Å². The van der Waals surface area contributed by atoms with Crippen molar-refractivity contribution >= 4 is 17.2 Å². The molecular formula is C23H30N2O2S. The summed E-state index contributed by atoms with van der Waals surface area (Å²) in [5.74, 6) is 1.68. The van der Waals surface area contributed by atoms with Crippen LogP contribution < -0.4 is 10.1 Å². The van der Waals surface area contributed by atoms with E-state index >= 15 is 0 Å². The molecule has 0 unspecified atom stereocenters. The first-order valence-corrected chi connectivity index (χ1v) is 11.2. The third-order valence-electron chi connectivity index (χ3n) is 6.09. The molecule has 1 fully saturated rings. The number of carbonyl (C=O) groups is 1. The van der Waals surface area contributed by atoms with Gasteiger partial charge in [0.1, 0.15) is 5.75 Å². The number of methoxy groups -OCH3 is 1. The lowest BCUT2D eigenvalue weighted by molar-refractivity contribution is 0.0941. The van der Waals surface area contributed by atoms with Gasteiger partial charge < -0.3 is 10.1 Å². The van der Waals surface area contributed by atoms with Crippen molar-refractivity contribution in [3.8, 4) is 5.75 Å². The number of nitrogens with zero attached hydrogens (tertiary/aromatic N) is 1. The average Bonchev–Trinajstić information content (AvgIpc) is 3.38. The maximum Gasteiger partial charge on any atom is 0.261 e. The maximum absolute atomic E-state index is 12.9. The molecule has 1 aliphatic heterocycles. The summed E-state index contributed by atoms with van der Waals surface area (Å²) in [7, 11) is 1.72. The monoisotopic (exact) mass is 398 g/mol. The molecule has 1 aliphatic carbocycles. The Hall–Kier alpha value is -1.85. The van der Waals surface area contributed by atoms with Crippen molar-refractivity contribution in [3.05, 3.63) is 51.2 Å². The number of rotatable bonds is 6. The van der Waals surface area contributed by atoms with Crippen molar-refractivity contribution in [2.24, 2.45) is 5.92 Å². The summed E-state index contributed by atoms with van der Waals surface area (Å²) in [6, 6.07) is 10.5. The van der Waals surface area contributed by atoms with Crippen LogP contribution in [0.2, 0.25) is 0 Å². The van der Waals surface area contributed by atoms with Gasteiger partial charge in [-0.1, -0.05) is 25.1 Å². The number of amides is 1. The molecule has 28 heavy (non-hydrogen) atoms. The molecule has 1 saturated heterocycles. The van der Waals surface area contributed by atoms with Gasteiger partial charge >= 0.3 is 0 Å². The zero-order valence-corrected chi connectivity index (χ0v) is 17.7. The molecular weight excluding hydrogens is 368 g/mol. The first-order valence-electron chi connectivity index (χ1n) is 10.4. The fourth-order valence-electron chi connectivity index (χ4n) is 4.52. The number of hydrogen-bond acceptors (Lipinski definition) is 4. The van der Waals surface area contributed by atoms with E-state index in [1.54, 1.807) is 18.4 Å². The van der Waals surface area contributed by atoms with E-state index < -0.39 is 0 Å². The van der Waals surface area contributed by atoms with Gasteiger partial charge in [-0.3, -0.25) is 9.69 Å². The highest BCUT2D eigenvalue weighted by molar-refractivity contribution is 7.14. The summed E-state index contributed by atoms with van der Waals surface area (Å²) in [6.45, 7) is 5.06. The summed E-state index contributed by atoms with van der Waals surface area (Å²) in [5.41, 5.74) is 2.54. The van der Waals surface area contributed by atoms with Crippen LogP contribution in [0.5, 0.6) is 5.75 Å². The number of fused-ring (bicyclic) bond motifs is 1. The molecule has 1 aromatic heterocycles. The van der Waals surface area contributed by atoms with Crippen LogP contribution >= 0.6 is 11.3 Å². The lowest BCUT2D eigenvalue weighted by atomic mass is 9.90. The van der Waals surface area contributed by atoms with Crippen LogP contribution in [-0.2, 0) is 12.8 Å². The van der Waals surface area contributed by atoms with Crippen molar-refractivity contribution in [2.75, 3.05) is 26.7 Å². The third-order valence-corrected chi connectivity index (χ3v) is 7.32. The SMILES string of the molecule is COc1ccccc1[C@H](CNC(=O)c1cc2c(s1)CC[C@H](C)C2)N1CCCC1. The Bertz CT molecular complexity index is 826. The van der Waals surface area contributed by atoms with E-state index in [1.165, 1.54) is 29.7 Å². The van der Waals surface area contributed by atoms with Crippen molar-refractivity contribution < 1.29 is 9.53 Å². The Morgan fingerprint density at radius 1 is 1.32 bits per heavy atom. The molecule has 0 spiro atoms. The minimum Gasteiger partial charge on any atom is -0.496 e. The van der Waals surface area contributed by atoms with E-state index in [0.29, 0.717) is 6.54 Å². The predicted molar refractivity (Wildman–Crippen MR) is 114 cm³/mol. The van der Waals surface area contributed by atoms with Crippen molar-refractivity contribution in [1.29, 1.82) is 0 Å². The molecule has 4 rings (SSSR count). The van der Waals surface area contributed by atoms with Crippen molar-refractivity contribution in [3.63, 3.8) is 0 Å². The van der Waals surface area contributed by atoms with E-state index in [0.717, 1.165) is 48.0 Å². The smallest absolute Gasteiger partial charge is 0.261 e. The van der Waals surface area contributed by atoms with Gasteiger partial charge in [0, 0.05) is 17.0 Å². The van der Waals surface area contributed by atoms with Gasteiger partial charge in [0.2, 0.25) is 0 Å². The number of hydrogen-bond donors (Lipinski definition) is 1. The van der Waals surface area contributed by atoms with Crippen LogP contribution in [0.25, 0.3) is 0 Å². The van der Waals surface area contributed by atoms with Gasteiger partial charge in [-0.2, -0.15) is 0 Å². The first kappa shape index (κ1) is 19.5. The second-order valence-electron chi connectivity index (χ2n) is 8.12. The van der Waals surface area contributed by atoms with Crippen LogP contribution in [0, 0.1) is 5.92 Å². The normalized spacial score (nSPS) is 20.6. The van der Waals surface area contributed by atoms with E-state index in [9.17, 15) is 4.79 Å². The number of carbonyl (C=O) groups excluding carboxylic acids is 1. The van der Waals surface area contributed by atoms with Crippen LogP contribution in [0.4, 0.5) is 0 Å². The van der Waals surface area contributed by atoms with Crippen LogP contribution in [0.15, 0.2) is 30.3 Å². The number of thiophene rings is 1. The molecule has 0 bridgehead atoms. The fourth-order valence-corrected chi connectivity index (χ4v) is 5.65. The van der Waals surface area contributed by atoms with E-state index in [-0.39, 0.29) is 11.9 Å². The highest BCUT2D eigenvalue weighted by Gasteiger charge is 2.27. The summed E-state index contributed by atoms with van der Waals surface area (Å²) in [6.07, 6.45) is 5.90. The molecule has 2 atom stereocenters. The minimum absolute atomic E-state index is 0.0612. The molecule has 1 amide bonds. The van der Waals surface area contributed by atoms with E-state index in [4.69, 9.17) is 4.74 Å². The van der Waals surface area contributed by atoms with Crippen molar-refractivity contribution in [2.45, 2.75) is 45.1 Å². The topological polar surface area (TPSA) is 41.6 Å². The molecule has 2 aliphatic rings. The number of benzene rings is 1. The number of para-hydroxylation sites is 1. The molecule has 1 N–H and O–H groups in total. The summed E-state index contributed by atoms with van der Waals surface area (Å²) in [5, 5.41) is 3.22. The molecule has 0 saturated carbocycles. The molecule has 5 heteroatoms. The minimum atomic E-state index is 0.0612.